The number of benzene rings is 1. The number of thioether (sulfide) groups is 1. The zero-order valence-electron chi connectivity index (χ0n) is 21.7. The number of aromatic nitrogens is 3. The topological polar surface area (TPSA) is 104 Å². The molecule has 2 aromatic heterocycles. The van der Waals surface area contributed by atoms with Crippen LogP contribution in [0.1, 0.15) is 28.9 Å². The summed E-state index contributed by atoms with van der Waals surface area (Å²) in [4.78, 5) is 34.4. The Bertz CT molecular complexity index is 1340. The van der Waals surface area contributed by atoms with Gasteiger partial charge in [0.2, 0.25) is 5.91 Å². The number of nitrogens with two attached hydrogens (primary N) is 1. The summed E-state index contributed by atoms with van der Waals surface area (Å²) in [5.74, 6) is 2.17. The molecular formula is C28H35N7O2S. The van der Waals surface area contributed by atoms with Crippen LogP contribution in [0.25, 0.3) is 22.3 Å². The normalized spacial score (nSPS) is 22.7. The fourth-order valence-corrected chi connectivity index (χ4v) is 7.39. The average molecular weight is 534 g/mol. The van der Waals surface area contributed by atoms with Crippen LogP contribution in [0, 0.1) is 5.92 Å². The number of carbonyl (C=O) groups excluding carboxylic acids is 1. The fraction of sp³-hybridized carbons (Fsp3) is 0.536. The Kier molecular flexibility index (Phi) is 6.51. The minimum atomic E-state index is -0.454. The first-order chi connectivity index (χ1) is 18.6. The van der Waals surface area contributed by atoms with Crippen molar-refractivity contribution in [2.24, 2.45) is 11.7 Å². The molecule has 0 radical (unpaired) electrons. The van der Waals surface area contributed by atoms with Gasteiger partial charge in [0.05, 0.1) is 23.8 Å². The average Bonchev–Trinajstić information content (AvgIpc) is 3.45. The molecule has 0 spiro atoms. The maximum Gasteiger partial charge on any atom is 0.248 e. The minimum Gasteiger partial charge on any atom is -0.378 e. The van der Waals surface area contributed by atoms with Gasteiger partial charge in [-0.25, -0.2) is 9.97 Å². The number of piperazine rings is 1. The van der Waals surface area contributed by atoms with E-state index >= 15 is 0 Å². The lowest BCUT2D eigenvalue weighted by Crippen LogP contribution is -2.48. The van der Waals surface area contributed by atoms with Crippen molar-refractivity contribution in [1.29, 1.82) is 0 Å². The molecule has 3 aromatic rings. The van der Waals surface area contributed by atoms with E-state index in [1.807, 2.05) is 30.1 Å². The quantitative estimate of drug-likeness (QED) is 0.478. The van der Waals surface area contributed by atoms with E-state index in [1.54, 1.807) is 6.07 Å². The maximum absolute atomic E-state index is 12.1. The van der Waals surface area contributed by atoms with E-state index in [2.05, 4.69) is 19.7 Å². The maximum atomic E-state index is 12.1. The summed E-state index contributed by atoms with van der Waals surface area (Å²) >= 11 is 1.95. The largest absolute Gasteiger partial charge is 0.378 e. The zero-order valence-corrected chi connectivity index (χ0v) is 22.5. The molecule has 1 aliphatic carbocycles. The van der Waals surface area contributed by atoms with Gasteiger partial charge in [0.15, 0.2) is 5.82 Å². The van der Waals surface area contributed by atoms with Crippen LogP contribution in [-0.2, 0) is 11.2 Å². The van der Waals surface area contributed by atoms with Crippen molar-refractivity contribution in [3.63, 3.8) is 0 Å². The Morgan fingerprint density at radius 3 is 2.55 bits per heavy atom. The lowest BCUT2D eigenvalue weighted by atomic mass is 10.0. The first-order valence-electron chi connectivity index (χ1n) is 13.9. The number of anilines is 1. The molecule has 1 atom stereocenters. The molecule has 38 heavy (non-hydrogen) atoms. The lowest BCUT2D eigenvalue weighted by molar-refractivity contribution is 0.100. The second-order valence-electron chi connectivity index (χ2n) is 11.1. The first kappa shape index (κ1) is 24.4. The summed E-state index contributed by atoms with van der Waals surface area (Å²) in [5, 5.41) is 1.46. The molecule has 3 fully saturated rings. The van der Waals surface area contributed by atoms with Gasteiger partial charge in [-0.2, -0.15) is 0 Å². The summed E-state index contributed by atoms with van der Waals surface area (Å²) in [7, 11) is 0. The van der Waals surface area contributed by atoms with Crippen molar-refractivity contribution in [3.8, 4) is 11.4 Å². The number of nitrogens with zero attached hydrogens (tertiary/aromatic N) is 5. The zero-order chi connectivity index (χ0) is 25.6. The van der Waals surface area contributed by atoms with Crippen molar-refractivity contribution in [2.45, 2.75) is 29.4 Å². The summed E-state index contributed by atoms with van der Waals surface area (Å²) < 4.78 is 5.64. The predicted octanol–water partition coefficient (Wildman–Crippen LogP) is 2.60. The van der Waals surface area contributed by atoms with Gasteiger partial charge >= 0.3 is 0 Å². The number of H-pyrrole nitrogens is 1. The Morgan fingerprint density at radius 1 is 1.05 bits per heavy atom. The van der Waals surface area contributed by atoms with Gasteiger partial charge in [0.1, 0.15) is 5.82 Å². The van der Waals surface area contributed by atoms with E-state index in [9.17, 15) is 4.79 Å². The molecule has 3 aliphatic heterocycles. The molecule has 200 valence electrons. The Morgan fingerprint density at radius 2 is 1.82 bits per heavy atom. The van der Waals surface area contributed by atoms with Gasteiger partial charge in [-0.3, -0.25) is 9.69 Å². The number of hydrogen-bond donors (Lipinski definition) is 2. The highest BCUT2D eigenvalue weighted by Gasteiger charge is 2.33. The molecule has 1 saturated carbocycles. The van der Waals surface area contributed by atoms with Crippen LogP contribution in [0.2, 0.25) is 0 Å². The number of rotatable bonds is 7. The highest BCUT2D eigenvalue weighted by atomic mass is 32.2. The van der Waals surface area contributed by atoms with Gasteiger partial charge in [0.25, 0.3) is 0 Å². The van der Waals surface area contributed by atoms with Gasteiger partial charge in [-0.1, -0.05) is 0 Å². The first-order valence-corrected chi connectivity index (χ1v) is 14.7. The smallest absolute Gasteiger partial charge is 0.248 e. The summed E-state index contributed by atoms with van der Waals surface area (Å²) in [6.45, 7) is 10.1. The molecule has 4 aliphatic rings. The number of ether oxygens (including phenoxy) is 1. The van der Waals surface area contributed by atoms with Gasteiger partial charge in [0, 0.05) is 92.3 Å². The van der Waals surface area contributed by atoms with Crippen LogP contribution in [0.4, 0.5) is 5.82 Å². The number of hydrogen-bond acceptors (Lipinski definition) is 8. The predicted molar refractivity (Wildman–Crippen MR) is 150 cm³/mol. The summed E-state index contributed by atoms with van der Waals surface area (Å²) in [6, 6.07) is 5.65. The number of nitrogens with one attached hydrogen (secondary N) is 1. The van der Waals surface area contributed by atoms with E-state index in [0.29, 0.717) is 29.9 Å². The molecule has 2 saturated heterocycles. The number of primary amides is 1. The number of carbonyl (C=O) groups is 1. The molecule has 1 amide bonds. The van der Waals surface area contributed by atoms with Gasteiger partial charge in [-0.05, 0) is 37.0 Å². The molecule has 5 heterocycles. The van der Waals surface area contributed by atoms with Crippen molar-refractivity contribution in [3.05, 3.63) is 35.7 Å². The van der Waals surface area contributed by atoms with Crippen molar-refractivity contribution < 1.29 is 9.53 Å². The van der Waals surface area contributed by atoms with Gasteiger partial charge < -0.3 is 25.3 Å². The molecule has 7 rings (SSSR count). The Labute approximate surface area is 227 Å². The van der Waals surface area contributed by atoms with Crippen LogP contribution in [0.3, 0.4) is 0 Å². The molecule has 3 N–H and O–H groups in total. The van der Waals surface area contributed by atoms with E-state index in [-0.39, 0.29) is 0 Å². The van der Waals surface area contributed by atoms with Crippen LogP contribution in [0.15, 0.2) is 29.3 Å². The van der Waals surface area contributed by atoms with Crippen LogP contribution >= 0.6 is 11.8 Å². The second kappa shape index (κ2) is 10.1. The fourth-order valence-electron chi connectivity index (χ4n) is 5.98. The van der Waals surface area contributed by atoms with E-state index < -0.39 is 5.91 Å². The third kappa shape index (κ3) is 4.90. The van der Waals surface area contributed by atoms with Crippen LogP contribution in [-0.4, -0.2) is 101 Å². The number of aromatic amines is 1. The van der Waals surface area contributed by atoms with Crippen molar-refractivity contribution >= 4 is 34.4 Å². The SMILES string of the molecule is NC(=O)c1cc(-c2nc3c(c(N4CCOCC4)n2)SC(CN2CCN(CC4CC4)CC2)C3)c2cc[nH]c2c1. The second-order valence-corrected chi connectivity index (χ2v) is 12.4. The minimum absolute atomic E-state index is 0.454. The molecule has 10 heteroatoms. The molecule has 1 aromatic carbocycles. The summed E-state index contributed by atoms with van der Waals surface area (Å²) in [5.41, 5.74) is 8.95. The molecule has 9 nitrogen and oxygen atoms in total. The number of amides is 1. The van der Waals surface area contributed by atoms with Crippen LogP contribution < -0.4 is 10.6 Å². The monoisotopic (exact) mass is 533 g/mol. The third-order valence-electron chi connectivity index (χ3n) is 8.27. The molecule has 0 bridgehead atoms. The van der Waals surface area contributed by atoms with Gasteiger partial charge in [-0.15, -0.1) is 11.8 Å². The van der Waals surface area contributed by atoms with E-state index in [1.165, 1.54) is 37.4 Å². The standard InChI is InChI=1S/C28H35N7O2S/c29-26(36)19-13-22(21-3-4-30-23(21)14-19)27-31-24-15-20(17-34-7-5-33(6-8-34)16-18-1-2-18)38-25(24)28(32-27)35-9-11-37-12-10-35/h3-4,13-14,18,20,30H,1-2,5-12,15-17H2,(H2,29,36). The Balaban J connectivity index is 1.17. The lowest BCUT2D eigenvalue weighted by Gasteiger charge is -2.35. The van der Waals surface area contributed by atoms with Crippen molar-refractivity contribution in [1.82, 2.24) is 24.8 Å². The number of morpholine rings is 1. The van der Waals surface area contributed by atoms with Crippen molar-refractivity contribution in [2.75, 3.05) is 70.5 Å². The molecular weight excluding hydrogens is 498 g/mol. The third-order valence-corrected chi connectivity index (χ3v) is 9.57. The van der Waals surface area contributed by atoms with E-state index in [4.69, 9.17) is 20.4 Å². The number of fused-ring (bicyclic) bond motifs is 2. The van der Waals surface area contributed by atoms with E-state index in [0.717, 1.165) is 73.0 Å². The highest BCUT2D eigenvalue weighted by molar-refractivity contribution is 8.00. The van der Waals surface area contributed by atoms with Crippen LogP contribution in [0.5, 0.6) is 0 Å². The summed E-state index contributed by atoms with van der Waals surface area (Å²) in [6.07, 6.45) is 5.66. The Hall–Kier alpha value is -2.66. The molecule has 1 unspecified atom stereocenters. The highest BCUT2D eigenvalue weighted by Crippen LogP contribution is 2.44.